The Morgan fingerprint density at radius 3 is 1.87 bits per heavy atom. The van der Waals surface area contributed by atoms with Crippen LogP contribution in [0, 0.1) is 125 Å². The van der Waals surface area contributed by atoms with Crippen LogP contribution in [0.15, 0.2) is 5.10 Å². The molecule has 1 atom stereocenters. The minimum atomic E-state index is -1.45. The van der Waals surface area contributed by atoms with E-state index in [1.54, 1.807) is 18.9 Å². The number of methoxy groups -OCH3 is 1. The van der Waals surface area contributed by atoms with E-state index in [9.17, 15) is 0 Å². The Morgan fingerprint density at radius 1 is 0.842 bits per heavy atom. The van der Waals surface area contributed by atoms with Crippen LogP contribution >= 0.6 is 11.8 Å². The molecule has 0 aromatic heterocycles. The van der Waals surface area contributed by atoms with Gasteiger partial charge in [0, 0.05) is 30.7 Å². The smallest absolute Gasteiger partial charge is 0.382 e. The van der Waals surface area contributed by atoms with Crippen molar-refractivity contribution in [3.8, 4) is 0 Å². The molecule has 3 nitrogen and oxygen atoms in total. The van der Waals surface area contributed by atoms with Gasteiger partial charge in [-0.05, 0) is 127 Å². The molecule has 0 aromatic rings. The number of rotatable bonds is 7. The molecule has 0 spiro atoms. The fourth-order valence-electron chi connectivity index (χ4n) is 4.39. The van der Waals surface area contributed by atoms with Crippen molar-refractivity contribution in [1.82, 2.24) is 5.01 Å². The van der Waals surface area contributed by atoms with Crippen molar-refractivity contribution in [1.29, 1.82) is 0 Å². The molecule has 0 unspecified atom stereocenters. The average molecular weight is 629 g/mol. The maximum Gasteiger partial charge on any atom is 2.00 e. The summed E-state index contributed by atoms with van der Waals surface area (Å²) < 4.78 is 5.43. The van der Waals surface area contributed by atoms with Crippen molar-refractivity contribution in [2.24, 2.45) is 5.10 Å². The van der Waals surface area contributed by atoms with E-state index in [1.165, 1.54) is 29.0 Å². The summed E-state index contributed by atoms with van der Waals surface area (Å²) in [6, 6.07) is 0.382. The first-order valence-electron chi connectivity index (χ1n) is 12.7. The van der Waals surface area contributed by atoms with E-state index in [0.717, 1.165) is 25.3 Å². The van der Waals surface area contributed by atoms with E-state index in [2.05, 4.69) is 69.4 Å². The third kappa shape index (κ3) is 11.7. The van der Waals surface area contributed by atoms with Gasteiger partial charge in [-0.1, -0.05) is 19.6 Å². The van der Waals surface area contributed by atoms with Crippen molar-refractivity contribution in [3.05, 3.63) is 125 Å². The van der Waals surface area contributed by atoms with Gasteiger partial charge in [-0.2, -0.15) is 16.9 Å². The Bertz CT molecular complexity index is 615. The molecule has 202 valence electrons. The van der Waals surface area contributed by atoms with Gasteiger partial charge in [0.25, 0.3) is 0 Å². The van der Waals surface area contributed by atoms with Gasteiger partial charge in [0.15, 0.2) is 0 Å². The molecule has 38 heavy (non-hydrogen) atoms. The molecular weight excluding hydrogens is 588 g/mol. The second-order valence-corrected chi connectivity index (χ2v) is 15.8. The first-order valence-corrected chi connectivity index (χ1v) is 17.4. The predicted molar refractivity (Wildman–Crippen MR) is 158 cm³/mol. The quantitative estimate of drug-likeness (QED) is 0.247. The fourth-order valence-corrected chi connectivity index (χ4v) is 6.60. The van der Waals surface area contributed by atoms with Crippen LogP contribution in [-0.2, 0) is 38.9 Å². The first-order chi connectivity index (χ1) is 17.5. The second-order valence-electron chi connectivity index (χ2n) is 9.90. The summed E-state index contributed by atoms with van der Waals surface area (Å²) >= 11 is 1.80. The zero-order valence-corrected chi connectivity index (χ0v) is 27.1. The number of thioether (sulfide) groups is 1. The van der Waals surface area contributed by atoms with Gasteiger partial charge in [0.05, 0.1) is 26.4 Å². The van der Waals surface area contributed by atoms with Crippen molar-refractivity contribution < 1.29 is 38.9 Å². The fraction of sp³-hybridized carbons (Fsp3) is 0.323. The number of hydrazone groups is 1. The Balaban J connectivity index is 0.000000501. The molecule has 0 amide bonds. The number of hydrogen-bond donors (Lipinski definition) is 0. The largest absolute Gasteiger partial charge is 2.00 e. The van der Waals surface area contributed by atoms with Crippen molar-refractivity contribution in [2.75, 3.05) is 26.5 Å². The molecular formula is C31H40Fe2N2OSSi+4. The van der Waals surface area contributed by atoms with E-state index in [0.29, 0.717) is 6.04 Å². The molecule has 0 bridgehead atoms. The molecule has 4 aliphatic carbocycles. The first kappa shape index (κ1) is 37.1. The summed E-state index contributed by atoms with van der Waals surface area (Å²) in [5.41, 5.74) is 2.62. The Labute approximate surface area is 263 Å². The summed E-state index contributed by atoms with van der Waals surface area (Å²) in [4.78, 5) is 0. The normalized spacial score (nSPS) is 25.4. The van der Waals surface area contributed by atoms with Crippen LogP contribution in [-0.4, -0.2) is 51.4 Å². The molecule has 1 heterocycles. The van der Waals surface area contributed by atoms with Crippen LogP contribution in [0.3, 0.4) is 0 Å². The number of nitrogens with zero attached hydrogens (tertiary/aromatic N) is 2. The predicted octanol–water partition coefficient (Wildman–Crippen LogP) is 6.24. The minimum Gasteiger partial charge on any atom is -0.382 e. The molecule has 4 saturated carbocycles. The molecule has 5 fully saturated rings. The Hall–Kier alpha value is 1.04. The van der Waals surface area contributed by atoms with E-state index < -0.39 is 8.07 Å². The Kier molecular flexibility index (Phi) is 19.5. The van der Waals surface area contributed by atoms with E-state index in [-0.39, 0.29) is 34.1 Å². The number of hydrogen-bond acceptors (Lipinski definition) is 4. The summed E-state index contributed by atoms with van der Waals surface area (Å²) in [6.45, 7) is 8.99. The number of ether oxygens (including phenoxy) is 1. The zero-order valence-electron chi connectivity index (χ0n) is 23.1. The van der Waals surface area contributed by atoms with Gasteiger partial charge >= 0.3 is 34.1 Å². The molecule has 0 aromatic carbocycles. The topological polar surface area (TPSA) is 24.8 Å². The van der Waals surface area contributed by atoms with E-state index in [1.807, 2.05) is 64.2 Å². The van der Waals surface area contributed by atoms with Gasteiger partial charge in [0.2, 0.25) is 0 Å². The molecule has 5 aliphatic rings. The van der Waals surface area contributed by atoms with Crippen LogP contribution in [0.5, 0.6) is 0 Å². The summed E-state index contributed by atoms with van der Waals surface area (Å²) in [6.07, 6.45) is 37.8. The van der Waals surface area contributed by atoms with Gasteiger partial charge in [-0.15, -0.1) is 0 Å². The van der Waals surface area contributed by atoms with Crippen molar-refractivity contribution in [3.63, 3.8) is 0 Å². The SMILES string of the molecule is COC[C@@H]1CCCN1/N=C(/[C]1[CH][CH][CH][C]1SC)[C]1[CH][CH][CH][C]1[Si](C)(C)C.[CH]1[CH][CH][CH][CH]1.[CH]1[CH][CH][CH][CH]1.[Fe+2].[Fe+2]. The Morgan fingerprint density at radius 2 is 1.37 bits per heavy atom. The van der Waals surface area contributed by atoms with E-state index in [4.69, 9.17) is 9.84 Å². The van der Waals surface area contributed by atoms with Crippen LogP contribution in [0.2, 0.25) is 19.6 Å². The van der Waals surface area contributed by atoms with Crippen LogP contribution in [0.25, 0.3) is 0 Å². The maximum atomic E-state index is 5.43. The van der Waals surface area contributed by atoms with Crippen LogP contribution < -0.4 is 0 Å². The van der Waals surface area contributed by atoms with Crippen LogP contribution in [0.1, 0.15) is 12.8 Å². The monoisotopic (exact) mass is 628 g/mol. The summed E-state index contributed by atoms with van der Waals surface area (Å²) in [5, 5.41) is 8.78. The minimum absolute atomic E-state index is 0. The van der Waals surface area contributed by atoms with Crippen molar-refractivity contribution >= 4 is 25.5 Å². The molecule has 1 saturated heterocycles. The third-order valence-corrected chi connectivity index (χ3v) is 9.02. The molecule has 7 heteroatoms. The summed E-state index contributed by atoms with van der Waals surface area (Å²) in [7, 11) is 0.335. The van der Waals surface area contributed by atoms with Gasteiger partial charge in [-0.25, -0.2) is 0 Å². The van der Waals surface area contributed by atoms with Gasteiger partial charge in [0.1, 0.15) is 0 Å². The van der Waals surface area contributed by atoms with Crippen LogP contribution in [0.4, 0.5) is 0 Å². The average Bonchev–Trinajstić information content (AvgIpc) is 3.71. The van der Waals surface area contributed by atoms with E-state index >= 15 is 0 Å². The van der Waals surface area contributed by atoms with Gasteiger partial charge in [-0.3, -0.25) is 5.01 Å². The molecule has 20 radical (unpaired) electrons. The zero-order chi connectivity index (χ0) is 25.8. The van der Waals surface area contributed by atoms with Gasteiger partial charge < -0.3 is 4.74 Å². The summed E-state index contributed by atoms with van der Waals surface area (Å²) in [5.74, 6) is 2.57. The van der Waals surface area contributed by atoms with Crippen molar-refractivity contribution in [2.45, 2.75) is 38.5 Å². The maximum absolute atomic E-state index is 5.43. The molecule has 0 N–H and O–H groups in total. The third-order valence-electron chi connectivity index (χ3n) is 6.17. The second kappa shape index (κ2) is 20.0. The standard InChI is InChI=1S/C21H30N2OSSi.2C5H5.2Fe/c1-24-15-16-9-8-14-23(16)22-21(17-10-6-12-19(17)25-2)18-11-7-13-20(18)26(3,4)5;2*1-2-4-5-3-1;;/h6-7,10-13,16H,8-9,14-15H2,1-5H3;2*1-5H;;/q;;;2*+2/b22-21-;;;;/t16-;;;;/m0..../s1. The molecule has 5 rings (SSSR count). The molecule has 1 aliphatic heterocycles.